The van der Waals surface area contributed by atoms with E-state index in [0.717, 1.165) is 0 Å². The van der Waals surface area contributed by atoms with Crippen LogP contribution in [-0.4, -0.2) is 44.0 Å². The molecule has 0 aliphatic carbocycles. The Morgan fingerprint density at radius 1 is 1.52 bits per heavy atom. The van der Waals surface area contributed by atoms with Gasteiger partial charge in [0, 0.05) is 11.7 Å². The summed E-state index contributed by atoms with van der Waals surface area (Å²) in [7, 11) is 0. The number of aliphatic carboxylic acids is 1. The number of carbonyl (C=O) groups excluding carboxylic acids is 1. The van der Waals surface area contributed by atoms with E-state index in [1.165, 1.54) is 18.0 Å². The van der Waals surface area contributed by atoms with Gasteiger partial charge >= 0.3 is 5.97 Å². The van der Waals surface area contributed by atoms with Gasteiger partial charge in [-0.2, -0.15) is 11.8 Å². The van der Waals surface area contributed by atoms with Crippen molar-refractivity contribution in [3.05, 3.63) is 22.7 Å². The number of carboxylic acid groups (broad SMARTS) is 1. The normalized spacial score (nSPS) is 21.5. The number of aromatic nitrogens is 2. The SMILES string of the molecule is CC(C)c1ncc(Cl)c(C(=O)N[C@]2(C(=O)O)CCSC2)n1. The van der Waals surface area contributed by atoms with Gasteiger partial charge in [-0.25, -0.2) is 14.8 Å². The highest BCUT2D eigenvalue weighted by Crippen LogP contribution is 2.29. The third-order valence-electron chi connectivity index (χ3n) is 3.28. The van der Waals surface area contributed by atoms with Crippen molar-refractivity contribution in [3.63, 3.8) is 0 Å². The highest BCUT2D eigenvalue weighted by Gasteiger charge is 2.43. The van der Waals surface area contributed by atoms with Gasteiger partial charge in [-0.05, 0) is 12.2 Å². The number of amides is 1. The molecule has 0 aromatic carbocycles. The quantitative estimate of drug-likeness (QED) is 0.877. The number of rotatable bonds is 4. The van der Waals surface area contributed by atoms with Crippen molar-refractivity contribution < 1.29 is 14.7 Å². The van der Waals surface area contributed by atoms with Crippen LogP contribution in [0.4, 0.5) is 0 Å². The van der Waals surface area contributed by atoms with Crippen LogP contribution in [0.15, 0.2) is 6.20 Å². The summed E-state index contributed by atoms with van der Waals surface area (Å²) in [5.74, 6) is -0.0295. The third-order valence-corrected chi connectivity index (χ3v) is 4.74. The molecule has 2 N–H and O–H groups in total. The van der Waals surface area contributed by atoms with E-state index in [-0.39, 0.29) is 16.6 Å². The van der Waals surface area contributed by atoms with Crippen LogP contribution in [0.2, 0.25) is 5.02 Å². The standard InChI is InChI=1S/C13H16ClN3O3S/c1-7(2)10-15-5-8(14)9(16-10)11(18)17-13(12(19)20)3-4-21-6-13/h5,7H,3-4,6H2,1-2H3,(H,17,18)(H,19,20)/t13-/m1/s1. The number of thioether (sulfide) groups is 1. The molecule has 6 nitrogen and oxygen atoms in total. The molecule has 1 fully saturated rings. The molecule has 2 heterocycles. The predicted octanol–water partition coefficient (Wildman–Crippen LogP) is 1.94. The maximum absolute atomic E-state index is 12.3. The molecule has 114 valence electrons. The van der Waals surface area contributed by atoms with E-state index < -0.39 is 17.4 Å². The second-order valence-corrected chi connectivity index (χ2v) is 6.74. The Balaban J connectivity index is 2.28. The summed E-state index contributed by atoms with van der Waals surface area (Å²) in [5.41, 5.74) is -1.22. The molecule has 0 bridgehead atoms. The van der Waals surface area contributed by atoms with Gasteiger partial charge in [0.25, 0.3) is 5.91 Å². The van der Waals surface area contributed by atoms with Crippen LogP contribution >= 0.6 is 23.4 Å². The molecule has 0 saturated carbocycles. The van der Waals surface area contributed by atoms with Crippen LogP contribution in [0.25, 0.3) is 0 Å². The summed E-state index contributed by atoms with van der Waals surface area (Å²) in [6.45, 7) is 3.80. The number of halogens is 1. The molecule has 1 aromatic rings. The summed E-state index contributed by atoms with van der Waals surface area (Å²) in [4.78, 5) is 32.0. The van der Waals surface area contributed by atoms with Crippen molar-refractivity contribution in [1.82, 2.24) is 15.3 Å². The predicted molar refractivity (Wildman–Crippen MR) is 80.9 cm³/mol. The summed E-state index contributed by atoms with van der Waals surface area (Å²) in [5, 5.41) is 12.1. The fourth-order valence-corrected chi connectivity index (χ4v) is 3.48. The molecule has 1 saturated heterocycles. The molecule has 1 aliphatic heterocycles. The third kappa shape index (κ3) is 3.29. The fourth-order valence-electron chi connectivity index (χ4n) is 1.98. The fraction of sp³-hybridized carbons (Fsp3) is 0.538. The first kappa shape index (κ1) is 16.0. The van der Waals surface area contributed by atoms with Gasteiger partial charge in [0.05, 0.1) is 11.2 Å². The lowest BCUT2D eigenvalue weighted by molar-refractivity contribution is -0.143. The van der Waals surface area contributed by atoms with Crippen molar-refractivity contribution >= 4 is 35.2 Å². The average molecular weight is 330 g/mol. The van der Waals surface area contributed by atoms with E-state index in [1.54, 1.807) is 0 Å². The number of nitrogens with zero attached hydrogens (tertiary/aromatic N) is 2. The molecule has 1 atom stereocenters. The number of nitrogens with one attached hydrogen (secondary N) is 1. The van der Waals surface area contributed by atoms with Crippen LogP contribution in [0, 0.1) is 0 Å². The highest BCUT2D eigenvalue weighted by molar-refractivity contribution is 7.99. The molecular weight excluding hydrogens is 314 g/mol. The van der Waals surface area contributed by atoms with E-state index in [2.05, 4.69) is 15.3 Å². The molecule has 1 aromatic heterocycles. The maximum atomic E-state index is 12.3. The van der Waals surface area contributed by atoms with Crippen molar-refractivity contribution in [2.45, 2.75) is 31.7 Å². The second kappa shape index (κ2) is 6.19. The molecule has 8 heteroatoms. The summed E-state index contributed by atoms with van der Waals surface area (Å²) in [6, 6.07) is 0. The molecule has 21 heavy (non-hydrogen) atoms. The topological polar surface area (TPSA) is 92.2 Å². The van der Waals surface area contributed by atoms with Crippen LogP contribution in [0.5, 0.6) is 0 Å². The van der Waals surface area contributed by atoms with Crippen LogP contribution < -0.4 is 5.32 Å². The van der Waals surface area contributed by atoms with E-state index in [9.17, 15) is 14.7 Å². The lowest BCUT2D eigenvalue weighted by Crippen LogP contribution is -2.55. The van der Waals surface area contributed by atoms with Gasteiger partial charge in [-0.15, -0.1) is 0 Å². The van der Waals surface area contributed by atoms with Crippen molar-refractivity contribution in [2.75, 3.05) is 11.5 Å². The van der Waals surface area contributed by atoms with Gasteiger partial charge < -0.3 is 10.4 Å². The lowest BCUT2D eigenvalue weighted by Gasteiger charge is -2.24. The zero-order chi connectivity index (χ0) is 15.6. The lowest BCUT2D eigenvalue weighted by atomic mass is 9.99. The Morgan fingerprint density at radius 3 is 2.76 bits per heavy atom. The Hall–Kier alpha value is -1.34. The Labute approximate surface area is 131 Å². The molecule has 1 aliphatic rings. The molecule has 0 unspecified atom stereocenters. The van der Waals surface area contributed by atoms with E-state index in [4.69, 9.17) is 11.6 Å². The van der Waals surface area contributed by atoms with Crippen molar-refractivity contribution in [3.8, 4) is 0 Å². The molecule has 2 rings (SSSR count). The van der Waals surface area contributed by atoms with Gasteiger partial charge in [0.2, 0.25) is 0 Å². The Morgan fingerprint density at radius 2 is 2.24 bits per heavy atom. The average Bonchev–Trinajstić information content (AvgIpc) is 2.88. The first-order valence-corrected chi connectivity index (χ1v) is 8.05. The summed E-state index contributed by atoms with van der Waals surface area (Å²) in [6.07, 6.45) is 1.76. The van der Waals surface area contributed by atoms with Crippen LogP contribution in [0.3, 0.4) is 0 Å². The summed E-state index contributed by atoms with van der Waals surface area (Å²) < 4.78 is 0. The van der Waals surface area contributed by atoms with Crippen molar-refractivity contribution in [2.24, 2.45) is 0 Å². The van der Waals surface area contributed by atoms with Gasteiger partial charge in [-0.3, -0.25) is 4.79 Å². The molecule has 0 radical (unpaired) electrons. The van der Waals surface area contributed by atoms with E-state index in [1.807, 2.05) is 13.8 Å². The maximum Gasteiger partial charge on any atom is 0.330 e. The highest BCUT2D eigenvalue weighted by atomic mass is 35.5. The Kier molecular flexibility index (Phi) is 4.73. The number of carboxylic acids is 1. The van der Waals surface area contributed by atoms with E-state index >= 15 is 0 Å². The van der Waals surface area contributed by atoms with Crippen molar-refractivity contribution in [1.29, 1.82) is 0 Å². The monoisotopic (exact) mass is 329 g/mol. The minimum Gasteiger partial charge on any atom is -0.479 e. The van der Waals surface area contributed by atoms with Gasteiger partial charge in [-0.1, -0.05) is 25.4 Å². The van der Waals surface area contributed by atoms with Gasteiger partial charge in [0.15, 0.2) is 0 Å². The minimum absolute atomic E-state index is 0.0212. The van der Waals surface area contributed by atoms with E-state index in [0.29, 0.717) is 23.8 Å². The zero-order valence-electron chi connectivity index (χ0n) is 11.7. The zero-order valence-corrected chi connectivity index (χ0v) is 13.3. The molecular formula is C13H16ClN3O3S. The summed E-state index contributed by atoms with van der Waals surface area (Å²) >= 11 is 7.47. The number of carbonyl (C=O) groups is 2. The van der Waals surface area contributed by atoms with Crippen LogP contribution in [0.1, 0.15) is 42.5 Å². The smallest absolute Gasteiger partial charge is 0.330 e. The minimum atomic E-state index is -1.24. The molecule has 0 spiro atoms. The molecule has 1 amide bonds. The Bertz CT molecular complexity index is 574. The van der Waals surface area contributed by atoms with Gasteiger partial charge in [0.1, 0.15) is 17.1 Å². The second-order valence-electron chi connectivity index (χ2n) is 5.22. The number of hydrogen-bond donors (Lipinski definition) is 2. The van der Waals surface area contributed by atoms with Crippen LogP contribution in [-0.2, 0) is 4.79 Å². The number of hydrogen-bond acceptors (Lipinski definition) is 5. The first-order valence-electron chi connectivity index (χ1n) is 6.52. The first-order chi connectivity index (χ1) is 9.85. The largest absolute Gasteiger partial charge is 0.479 e.